The molecule has 2 heterocycles. The molecule has 0 aliphatic carbocycles. The summed E-state index contributed by atoms with van der Waals surface area (Å²) in [5.41, 5.74) is 0.949. The second-order valence-electron chi connectivity index (χ2n) is 5.42. The van der Waals surface area contributed by atoms with E-state index >= 15 is 0 Å². The highest BCUT2D eigenvalue weighted by Gasteiger charge is 2.30. The quantitative estimate of drug-likeness (QED) is 0.607. The van der Waals surface area contributed by atoms with E-state index in [4.69, 9.17) is 4.74 Å². The molecule has 1 aromatic carbocycles. The minimum atomic E-state index is -0.581. The van der Waals surface area contributed by atoms with Gasteiger partial charge in [-0.2, -0.15) is 5.10 Å². The zero-order chi connectivity index (χ0) is 17.1. The second kappa shape index (κ2) is 6.57. The summed E-state index contributed by atoms with van der Waals surface area (Å²) in [4.78, 5) is 37.8. The Balaban J connectivity index is 1.70. The molecule has 3 rings (SSSR count). The van der Waals surface area contributed by atoms with Crippen molar-refractivity contribution >= 4 is 17.5 Å². The van der Waals surface area contributed by atoms with Crippen LogP contribution in [0.1, 0.15) is 23.7 Å². The van der Waals surface area contributed by atoms with Crippen molar-refractivity contribution in [3.8, 4) is 5.75 Å². The molecule has 4 N–H and O–H groups in total. The smallest absolute Gasteiger partial charge is 0.340 e. The van der Waals surface area contributed by atoms with Crippen LogP contribution in [0.5, 0.6) is 5.75 Å². The average Bonchev–Trinajstić information content (AvgIpc) is 2.98. The Morgan fingerprint density at radius 1 is 1.42 bits per heavy atom. The van der Waals surface area contributed by atoms with Crippen LogP contribution in [-0.2, 0) is 16.0 Å². The zero-order valence-corrected chi connectivity index (χ0v) is 13.0. The molecule has 0 bridgehead atoms. The van der Waals surface area contributed by atoms with Gasteiger partial charge in [-0.3, -0.25) is 14.6 Å². The van der Waals surface area contributed by atoms with Gasteiger partial charge in [-0.25, -0.2) is 9.89 Å². The number of hydrogen-bond donors (Lipinski definition) is 4. The molecule has 1 aromatic heterocycles. The standard InChI is InChI=1S/C15H17N5O4/c1-24-8-2-3-11-9(6-8)10(7-13(21)17-11)14(22)16-5-4-12-18-15(23)20-19-12/h2-3,6,10H,4-5,7H2,1H3,(H,16,22)(H,17,21)(H2,18,19,20,23). The van der Waals surface area contributed by atoms with Crippen molar-refractivity contribution in [1.82, 2.24) is 20.5 Å². The molecule has 0 saturated heterocycles. The molecule has 1 aliphatic rings. The number of amides is 2. The number of aromatic nitrogens is 3. The van der Waals surface area contributed by atoms with E-state index in [1.54, 1.807) is 25.3 Å². The van der Waals surface area contributed by atoms with Crippen molar-refractivity contribution in [2.75, 3.05) is 19.0 Å². The molecule has 2 aromatic rings. The third kappa shape index (κ3) is 3.29. The molecule has 1 unspecified atom stereocenters. The van der Waals surface area contributed by atoms with E-state index < -0.39 is 5.92 Å². The monoisotopic (exact) mass is 331 g/mol. The zero-order valence-electron chi connectivity index (χ0n) is 13.0. The highest BCUT2D eigenvalue weighted by molar-refractivity contribution is 6.01. The van der Waals surface area contributed by atoms with Gasteiger partial charge < -0.3 is 15.4 Å². The number of anilines is 1. The Hall–Kier alpha value is -3.10. The normalized spacial score (nSPS) is 16.2. The van der Waals surface area contributed by atoms with Crippen LogP contribution in [0.3, 0.4) is 0 Å². The molecular weight excluding hydrogens is 314 g/mol. The first kappa shape index (κ1) is 15.8. The number of methoxy groups -OCH3 is 1. The Kier molecular flexibility index (Phi) is 4.32. The summed E-state index contributed by atoms with van der Waals surface area (Å²) in [5.74, 6) is 0.0457. The van der Waals surface area contributed by atoms with Gasteiger partial charge in [0.25, 0.3) is 0 Å². The van der Waals surface area contributed by atoms with Gasteiger partial charge >= 0.3 is 5.69 Å². The topological polar surface area (TPSA) is 129 Å². The first-order chi connectivity index (χ1) is 11.6. The van der Waals surface area contributed by atoms with E-state index in [0.717, 1.165) is 5.56 Å². The van der Waals surface area contributed by atoms with Crippen molar-refractivity contribution in [2.45, 2.75) is 18.8 Å². The Morgan fingerprint density at radius 3 is 2.96 bits per heavy atom. The number of nitrogens with zero attached hydrogens (tertiary/aromatic N) is 1. The van der Waals surface area contributed by atoms with Crippen LogP contribution in [0, 0.1) is 0 Å². The number of carbonyl (C=O) groups is 2. The SMILES string of the molecule is COc1ccc2c(c1)C(C(=O)NCCc1n[nH]c(=O)[nH]1)CC(=O)N2. The summed E-state index contributed by atoms with van der Waals surface area (Å²) >= 11 is 0. The minimum Gasteiger partial charge on any atom is -0.497 e. The summed E-state index contributed by atoms with van der Waals surface area (Å²) in [5, 5.41) is 11.6. The van der Waals surface area contributed by atoms with Gasteiger partial charge in [0.05, 0.1) is 13.0 Å². The van der Waals surface area contributed by atoms with Gasteiger partial charge in [0.1, 0.15) is 11.6 Å². The third-order valence-corrected chi connectivity index (χ3v) is 3.83. The number of benzene rings is 1. The lowest BCUT2D eigenvalue weighted by atomic mass is 9.89. The fraction of sp³-hybridized carbons (Fsp3) is 0.333. The molecule has 126 valence electrons. The molecule has 1 atom stereocenters. The maximum atomic E-state index is 12.5. The second-order valence-corrected chi connectivity index (χ2v) is 5.42. The predicted molar refractivity (Wildman–Crippen MR) is 84.9 cm³/mol. The van der Waals surface area contributed by atoms with Crippen molar-refractivity contribution < 1.29 is 14.3 Å². The highest BCUT2D eigenvalue weighted by atomic mass is 16.5. The number of nitrogens with one attached hydrogen (secondary N) is 4. The van der Waals surface area contributed by atoms with Crippen LogP contribution in [-0.4, -0.2) is 40.7 Å². The average molecular weight is 331 g/mol. The lowest BCUT2D eigenvalue weighted by Gasteiger charge is -2.25. The van der Waals surface area contributed by atoms with Gasteiger partial charge in [-0.15, -0.1) is 0 Å². The predicted octanol–water partition coefficient (Wildman–Crippen LogP) is -0.109. The van der Waals surface area contributed by atoms with Crippen molar-refractivity contribution in [3.05, 3.63) is 40.1 Å². The maximum Gasteiger partial charge on any atom is 0.340 e. The molecule has 0 saturated carbocycles. The van der Waals surface area contributed by atoms with Crippen LogP contribution >= 0.6 is 0 Å². The lowest BCUT2D eigenvalue weighted by Crippen LogP contribution is -2.36. The van der Waals surface area contributed by atoms with E-state index in [2.05, 4.69) is 25.8 Å². The van der Waals surface area contributed by atoms with Crippen LogP contribution < -0.4 is 21.1 Å². The minimum absolute atomic E-state index is 0.0746. The third-order valence-electron chi connectivity index (χ3n) is 3.83. The number of ether oxygens (including phenoxy) is 1. The fourth-order valence-corrected chi connectivity index (χ4v) is 2.65. The van der Waals surface area contributed by atoms with Gasteiger partial charge in [-0.1, -0.05) is 0 Å². The van der Waals surface area contributed by atoms with E-state index in [1.165, 1.54) is 0 Å². The summed E-state index contributed by atoms with van der Waals surface area (Å²) < 4.78 is 5.19. The molecular formula is C15H17N5O4. The Morgan fingerprint density at radius 2 is 2.25 bits per heavy atom. The van der Waals surface area contributed by atoms with E-state index in [9.17, 15) is 14.4 Å². The van der Waals surface area contributed by atoms with Gasteiger partial charge in [0.2, 0.25) is 11.8 Å². The molecule has 2 amide bonds. The first-order valence-electron chi connectivity index (χ1n) is 7.46. The fourth-order valence-electron chi connectivity index (χ4n) is 2.65. The summed E-state index contributed by atoms with van der Waals surface area (Å²) in [6, 6.07) is 5.21. The molecule has 24 heavy (non-hydrogen) atoms. The largest absolute Gasteiger partial charge is 0.497 e. The number of fused-ring (bicyclic) bond motifs is 1. The summed E-state index contributed by atoms with van der Waals surface area (Å²) in [7, 11) is 1.54. The first-order valence-corrected chi connectivity index (χ1v) is 7.46. The Bertz CT molecular complexity index is 825. The van der Waals surface area contributed by atoms with Crippen molar-refractivity contribution in [1.29, 1.82) is 0 Å². The number of carbonyl (C=O) groups excluding carboxylic acids is 2. The Labute approximate surface area is 136 Å². The number of aromatic amines is 2. The molecule has 0 spiro atoms. The van der Waals surface area contributed by atoms with E-state index in [1.807, 2.05) is 0 Å². The van der Waals surface area contributed by atoms with Gasteiger partial charge in [0.15, 0.2) is 0 Å². The van der Waals surface area contributed by atoms with Crippen LogP contribution in [0.2, 0.25) is 0 Å². The van der Waals surface area contributed by atoms with Gasteiger partial charge in [0, 0.05) is 25.1 Å². The molecule has 9 heteroatoms. The summed E-state index contributed by atoms with van der Waals surface area (Å²) in [6.45, 7) is 0.303. The number of hydrogen-bond acceptors (Lipinski definition) is 5. The van der Waals surface area contributed by atoms with Crippen LogP contribution in [0.4, 0.5) is 5.69 Å². The summed E-state index contributed by atoms with van der Waals surface area (Å²) in [6.07, 6.45) is 0.458. The van der Waals surface area contributed by atoms with Crippen LogP contribution in [0.25, 0.3) is 0 Å². The highest BCUT2D eigenvalue weighted by Crippen LogP contribution is 2.34. The number of H-pyrrole nitrogens is 2. The molecule has 1 aliphatic heterocycles. The molecule has 0 fully saturated rings. The van der Waals surface area contributed by atoms with E-state index in [-0.39, 0.29) is 23.9 Å². The lowest BCUT2D eigenvalue weighted by molar-refractivity contribution is -0.126. The van der Waals surface area contributed by atoms with Gasteiger partial charge in [-0.05, 0) is 23.8 Å². The van der Waals surface area contributed by atoms with Crippen molar-refractivity contribution in [2.24, 2.45) is 0 Å². The molecule has 0 radical (unpaired) electrons. The maximum absolute atomic E-state index is 12.5. The molecule has 9 nitrogen and oxygen atoms in total. The van der Waals surface area contributed by atoms with Crippen molar-refractivity contribution in [3.63, 3.8) is 0 Å². The number of rotatable bonds is 5. The van der Waals surface area contributed by atoms with E-state index in [0.29, 0.717) is 30.2 Å². The van der Waals surface area contributed by atoms with Crippen LogP contribution in [0.15, 0.2) is 23.0 Å².